The Morgan fingerprint density at radius 1 is 1.67 bits per heavy atom. The highest BCUT2D eigenvalue weighted by Gasteiger charge is 2.04. The van der Waals surface area contributed by atoms with Crippen LogP contribution in [0.15, 0.2) is 0 Å². The molecule has 0 saturated carbocycles. The van der Waals surface area contributed by atoms with E-state index in [0.717, 1.165) is 0 Å². The Balaban J connectivity index is 2.20. The van der Waals surface area contributed by atoms with Gasteiger partial charge < -0.3 is 15.8 Å². The highest BCUT2D eigenvalue weighted by Crippen LogP contribution is 1.94. The summed E-state index contributed by atoms with van der Waals surface area (Å²) in [5, 5.41) is 13.1. The second kappa shape index (κ2) is 5.91. The molecule has 0 aliphatic carbocycles. The molecule has 0 aliphatic heterocycles. The van der Waals surface area contributed by atoms with Crippen LogP contribution in [0.25, 0.3) is 0 Å². The highest BCUT2D eigenvalue weighted by molar-refractivity contribution is 5.75. The van der Waals surface area contributed by atoms with E-state index in [1.165, 1.54) is 4.68 Å². The van der Waals surface area contributed by atoms with E-state index in [-0.39, 0.29) is 11.9 Å². The number of nitrogens with one attached hydrogen (secondary N) is 1. The summed E-state index contributed by atoms with van der Waals surface area (Å²) in [5.41, 5.74) is 5.42. The van der Waals surface area contributed by atoms with E-state index >= 15 is 0 Å². The van der Waals surface area contributed by atoms with Gasteiger partial charge in [0.2, 0.25) is 11.9 Å². The van der Waals surface area contributed by atoms with E-state index in [1.807, 2.05) is 0 Å². The number of rotatable bonds is 6. The minimum Gasteiger partial charge on any atom is -0.383 e. The lowest BCUT2D eigenvalue weighted by atomic mass is 10.4. The number of aryl methyl sites for hydroxylation is 1. The number of amides is 1. The van der Waals surface area contributed by atoms with Crippen molar-refractivity contribution in [1.29, 1.82) is 0 Å². The molecule has 8 heteroatoms. The van der Waals surface area contributed by atoms with Crippen molar-refractivity contribution in [1.82, 2.24) is 25.5 Å². The van der Waals surface area contributed by atoms with Gasteiger partial charge in [0.05, 0.1) is 13.2 Å². The summed E-state index contributed by atoms with van der Waals surface area (Å²) in [6.07, 6.45) is 0.291. The molecule has 0 aromatic carbocycles. The third-order valence-electron chi connectivity index (χ3n) is 1.74. The predicted molar refractivity (Wildman–Crippen MR) is 51.7 cm³/mol. The van der Waals surface area contributed by atoms with Crippen molar-refractivity contribution < 1.29 is 9.53 Å². The third-order valence-corrected chi connectivity index (χ3v) is 1.74. The Morgan fingerprint density at radius 2 is 2.47 bits per heavy atom. The summed E-state index contributed by atoms with van der Waals surface area (Å²) in [6.45, 7) is 1.37. The summed E-state index contributed by atoms with van der Waals surface area (Å²) in [5.74, 6) is 0.127. The molecule has 1 amide bonds. The van der Waals surface area contributed by atoms with Crippen molar-refractivity contribution in [2.24, 2.45) is 0 Å². The molecule has 1 aromatic rings. The molecule has 0 saturated heterocycles. The zero-order chi connectivity index (χ0) is 11.1. The van der Waals surface area contributed by atoms with Crippen LogP contribution in [-0.2, 0) is 16.1 Å². The number of ether oxygens (including phenoxy) is 1. The van der Waals surface area contributed by atoms with Gasteiger partial charge in [-0.2, -0.15) is 0 Å². The van der Waals surface area contributed by atoms with Crippen LogP contribution in [0.5, 0.6) is 0 Å². The number of anilines is 1. The number of nitrogens with zero attached hydrogens (tertiary/aromatic N) is 4. The van der Waals surface area contributed by atoms with Crippen molar-refractivity contribution in [2.75, 3.05) is 26.0 Å². The zero-order valence-electron chi connectivity index (χ0n) is 8.51. The molecule has 1 rings (SSSR count). The summed E-state index contributed by atoms with van der Waals surface area (Å²) in [4.78, 5) is 11.2. The first-order valence-corrected chi connectivity index (χ1v) is 4.51. The number of carbonyl (C=O) groups excluding carboxylic acids is 1. The number of hydrogen-bond donors (Lipinski definition) is 2. The average Bonchev–Trinajstić information content (AvgIpc) is 2.61. The number of carbonyl (C=O) groups is 1. The first kappa shape index (κ1) is 11.4. The van der Waals surface area contributed by atoms with Crippen LogP contribution in [0, 0.1) is 0 Å². The predicted octanol–water partition coefficient (Wildman–Crippen LogP) is -1.59. The molecule has 0 radical (unpaired) electrons. The maximum atomic E-state index is 11.2. The van der Waals surface area contributed by atoms with Crippen molar-refractivity contribution in [3.8, 4) is 0 Å². The van der Waals surface area contributed by atoms with Crippen molar-refractivity contribution >= 4 is 11.9 Å². The molecule has 0 aliphatic rings. The smallest absolute Gasteiger partial charge is 0.240 e. The van der Waals surface area contributed by atoms with Gasteiger partial charge in [-0.15, -0.1) is 0 Å². The molecule has 0 atom stereocenters. The Labute approximate surface area is 86.8 Å². The summed E-state index contributed by atoms with van der Waals surface area (Å²) < 4.78 is 6.16. The number of tetrazole rings is 1. The highest BCUT2D eigenvalue weighted by atomic mass is 16.5. The topological polar surface area (TPSA) is 108 Å². The van der Waals surface area contributed by atoms with Crippen molar-refractivity contribution in [2.45, 2.75) is 13.0 Å². The van der Waals surface area contributed by atoms with Crippen LogP contribution in [0.2, 0.25) is 0 Å². The molecule has 0 unspecified atom stereocenters. The number of hydrogen-bond acceptors (Lipinski definition) is 6. The molecule has 0 fully saturated rings. The average molecular weight is 214 g/mol. The van der Waals surface area contributed by atoms with Crippen molar-refractivity contribution in [3.63, 3.8) is 0 Å². The molecule has 3 N–H and O–H groups in total. The van der Waals surface area contributed by atoms with Crippen molar-refractivity contribution in [3.05, 3.63) is 0 Å². The maximum absolute atomic E-state index is 11.2. The fourth-order valence-electron chi connectivity index (χ4n) is 0.959. The van der Waals surface area contributed by atoms with Crippen LogP contribution in [0.3, 0.4) is 0 Å². The zero-order valence-corrected chi connectivity index (χ0v) is 8.51. The van der Waals surface area contributed by atoms with Crippen LogP contribution in [0.4, 0.5) is 5.95 Å². The molecule has 1 heterocycles. The fraction of sp³-hybridized carbons (Fsp3) is 0.714. The van der Waals surface area contributed by atoms with Crippen LogP contribution in [0.1, 0.15) is 6.42 Å². The molecule has 0 bridgehead atoms. The number of nitrogens with two attached hydrogens (primary N) is 1. The van der Waals surface area contributed by atoms with Gasteiger partial charge in [0.25, 0.3) is 0 Å². The third kappa shape index (κ3) is 3.90. The normalized spacial score (nSPS) is 10.2. The standard InChI is InChI=1S/C7H14N6O2/c1-15-5-3-9-6(14)2-4-13-7(8)10-11-12-13/h2-5H2,1H3,(H,9,14)(H2,8,10,12). The van der Waals surface area contributed by atoms with E-state index in [4.69, 9.17) is 10.5 Å². The quantitative estimate of drug-likeness (QED) is 0.552. The summed E-state index contributed by atoms with van der Waals surface area (Å²) in [7, 11) is 1.58. The van der Waals surface area contributed by atoms with E-state index in [9.17, 15) is 4.79 Å². The van der Waals surface area contributed by atoms with E-state index in [2.05, 4.69) is 20.8 Å². The Hall–Kier alpha value is -1.70. The van der Waals surface area contributed by atoms with Gasteiger partial charge in [0.1, 0.15) is 0 Å². The molecule has 15 heavy (non-hydrogen) atoms. The van der Waals surface area contributed by atoms with Crippen LogP contribution >= 0.6 is 0 Å². The Bertz CT molecular complexity index is 312. The molecule has 0 spiro atoms. The second-order valence-corrected chi connectivity index (χ2v) is 2.85. The number of methoxy groups -OCH3 is 1. The van der Waals surface area contributed by atoms with Gasteiger partial charge in [-0.25, -0.2) is 4.68 Å². The van der Waals surface area contributed by atoms with Crippen LogP contribution < -0.4 is 11.1 Å². The molecule has 8 nitrogen and oxygen atoms in total. The molecule has 84 valence electrons. The lowest BCUT2D eigenvalue weighted by Crippen LogP contribution is -2.28. The van der Waals surface area contributed by atoms with Gasteiger partial charge in [0.15, 0.2) is 0 Å². The molecule has 1 aromatic heterocycles. The first-order chi connectivity index (χ1) is 7.24. The SMILES string of the molecule is COCCNC(=O)CCn1nnnc1N. The van der Waals surface area contributed by atoms with Gasteiger partial charge in [0, 0.05) is 20.1 Å². The minimum absolute atomic E-state index is 0.0815. The van der Waals surface area contributed by atoms with Gasteiger partial charge in [-0.05, 0) is 10.4 Å². The van der Waals surface area contributed by atoms with Gasteiger partial charge in [-0.1, -0.05) is 5.10 Å². The van der Waals surface area contributed by atoms with E-state index in [1.54, 1.807) is 7.11 Å². The molecular formula is C7H14N6O2. The number of nitrogen functional groups attached to an aromatic ring is 1. The fourth-order valence-corrected chi connectivity index (χ4v) is 0.959. The largest absolute Gasteiger partial charge is 0.383 e. The van der Waals surface area contributed by atoms with E-state index in [0.29, 0.717) is 26.1 Å². The van der Waals surface area contributed by atoms with E-state index < -0.39 is 0 Å². The Morgan fingerprint density at radius 3 is 3.07 bits per heavy atom. The lowest BCUT2D eigenvalue weighted by Gasteiger charge is -2.04. The van der Waals surface area contributed by atoms with Gasteiger partial charge in [-0.3, -0.25) is 4.79 Å². The minimum atomic E-state index is -0.0815. The number of aromatic nitrogens is 4. The maximum Gasteiger partial charge on any atom is 0.240 e. The molecular weight excluding hydrogens is 200 g/mol. The summed E-state index contributed by atoms with van der Waals surface area (Å²) in [6, 6.07) is 0. The first-order valence-electron chi connectivity index (χ1n) is 4.51. The lowest BCUT2D eigenvalue weighted by molar-refractivity contribution is -0.121. The Kier molecular flexibility index (Phi) is 4.48. The second-order valence-electron chi connectivity index (χ2n) is 2.85. The summed E-state index contributed by atoms with van der Waals surface area (Å²) >= 11 is 0. The van der Waals surface area contributed by atoms with Gasteiger partial charge >= 0.3 is 0 Å². The van der Waals surface area contributed by atoms with Crippen LogP contribution in [-0.4, -0.2) is 46.4 Å². The monoisotopic (exact) mass is 214 g/mol.